The van der Waals surface area contributed by atoms with Crippen molar-refractivity contribution in [2.45, 2.75) is 0 Å². The molecule has 0 aliphatic carbocycles. The molecule has 0 atom stereocenters. The zero-order chi connectivity index (χ0) is 34.9. The van der Waals surface area contributed by atoms with Crippen LogP contribution in [0.1, 0.15) is 0 Å². The van der Waals surface area contributed by atoms with Gasteiger partial charge in [-0.25, -0.2) is 0 Å². The van der Waals surface area contributed by atoms with E-state index in [2.05, 4.69) is 193 Å². The summed E-state index contributed by atoms with van der Waals surface area (Å²) in [5, 5.41) is 10.2. The maximum Gasteiger partial charge on any atom is 0.0640 e. The Bertz CT molecular complexity index is 3180. The van der Waals surface area contributed by atoms with Gasteiger partial charge >= 0.3 is 0 Å². The fourth-order valence-electron chi connectivity index (χ4n) is 8.19. The van der Waals surface area contributed by atoms with Gasteiger partial charge in [0.25, 0.3) is 0 Å². The number of fused-ring (bicyclic) bond motifs is 8. The lowest BCUT2D eigenvalue weighted by atomic mass is 9.96. The minimum absolute atomic E-state index is 1.14. The van der Waals surface area contributed by atoms with E-state index in [1.807, 2.05) is 22.7 Å². The summed E-state index contributed by atoms with van der Waals surface area (Å²) in [5.41, 5.74) is 8.55. The molecule has 0 unspecified atom stereocenters. The van der Waals surface area contributed by atoms with Crippen LogP contribution >= 0.6 is 22.7 Å². The summed E-state index contributed by atoms with van der Waals surface area (Å²) in [6.45, 7) is 0. The molecule has 0 spiro atoms. The van der Waals surface area contributed by atoms with Gasteiger partial charge in [0.15, 0.2) is 0 Å². The van der Waals surface area contributed by atoms with Crippen molar-refractivity contribution in [2.75, 3.05) is 4.90 Å². The van der Waals surface area contributed by atoms with Gasteiger partial charge in [-0.05, 0) is 80.9 Å². The van der Waals surface area contributed by atoms with Crippen LogP contribution in [0.4, 0.5) is 17.1 Å². The summed E-state index contributed by atoms with van der Waals surface area (Å²) in [6, 6.07) is 69.1. The van der Waals surface area contributed by atoms with Crippen molar-refractivity contribution < 1.29 is 0 Å². The van der Waals surface area contributed by atoms with Crippen LogP contribution in [0, 0.1) is 0 Å². The zero-order valence-electron chi connectivity index (χ0n) is 28.7. The summed E-state index contributed by atoms with van der Waals surface area (Å²) >= 11 is 3.77. The summed E-state index contributed by atoms with van der Waals surface area (Å²) in [5.74, 6) is 0. The van der Waals surface area contributed by atoms with Gasteiger partial charge in [0.2, 0.25) is 0 Å². The van der Waals surface area contributed by atoms with Crippen molar-refractivity contribution >= 4 is 102 Å². The SMILES string of the molecule is c1ccc(-c2cccc3c2sc2c(N(c4ccc5cc(-c6cccc7sc8ccccc8c67)ccc5c4)c4cccc5ccccc45)cccc23)cc1. The van der Waals surface area contributed by atoms with E-state index in [4.69, 9.17) is 0 Å². The van der Waals surface area contributed by atoms with Crippen LogP contribution in [0.15, 0.2) is 188 Å². The van der Waals surface area contributed by atoms with E-state index in [1.54, 1.807) is 0 Å². The van der Waals surface area contributed by atoms with Crippen LogP contribution in [-0.2, 0) is 0 Å². The number of thiophene rings is 2. The largest absolute Gasteiger partial charge is 0.308 e. The zero-order valence-corrected chi connectivity index (χ0v) is 30.3. The van der Waals surface area contributed by atoms with E-state index in [9.17, 15) is 0 Å². The summed E-state index contributed by atoms with van der Waals surface area (Å²) in [4.78, 5) is 2.48. The van der Waals surface area contributed by atoms with E-state index in [1.165, 1.54) is 95.5 Å². The maximum atomic E-state index is 2.48. The monoisotopic (exact) mass is 709 g/mol. The quantitative estimate of drug-likeness (QED) is 0.172. The molecule has 0 radical (unpaired) electrons. The van der Waals surface area contributed by atoms with Gasteiger partial charge < -0.3 is 4.90 Å². The van der Waals surface area contributed by atoms with E-state index in [0.717, 1.165) is 5.69 Å². The molecule has 11 rings (SSSR count). The molecule has 0 aliphatic rings. The predicted octanol–water partition coefficient (Wildman–Crippen LogP) is 15.5. The molecule has 2 heterocycles. The van der Waals surface area contributed by atoms with Gasteiger partial charge in [-0.3, -0.25) is 0 Å². The van der Waals surface area contributed by atoms with Crippen LogP contribution in [0.3, 0.4) is 0 Å². The third kappa shape index (κ3) is 4.89. The van der Waals surface area contributed by atoms with Crippen LogP contribution in [0.2, 0.25) is 0 Å². The summed E-state index contributed by atoms with van der Waals surface area (Å²) in [6.07, 6.45) is 0. The Hall–Kier alpha value is -6.26. The van der Waals surface area contributed by atoms with E-state index >= 15 is 0 Å². The molecule has 11 aromatic rings. The van der Waals surface area contributed by atoms with E-state index in [0.29, 0.717) is 0 Å². The van der Waals surface area contributed by atoms with Gasteiger partial charge in [-0.15, -0.1) is 22.7 Å². The van der Waals surface area contributed by atoms with Gasteiger partial charge in [0, 0.05) is 46.7 Å². The molecule has 2 aromatic heterocycles. The second-order valence-corrected chi connectivity index (χ2v) is 15.8. The highest BCUT2D eigenvalue weighted by atomic mass is 32.1. The first-order chi connectivity index (χ1) is 26.3. The average molecular weight is 710 g/mol. The fraction of sp³-hybridized carbons (Fsp3) is 0. The van der Waals surface area contributed by atoms with Crippen LogP contribution < -0.4 is 4.90 Å². The number of hydrogen-bond acceptors (Lipinski definition) is 3. The first-order valence-electron chi connectivity index (χ1n) is 18.0. The highest BCUT2D eigenvalue weighted by Crippen LogP contribution is 2.49. The highest BCUT2D eigenvalue weighted by molar-refractivity contribution is 7.27. The second-order valence-electron chi connectivity index (χ2n) is 13.7. The lowest BCUT2D eigenvalue weighted by Crippen LogP contribution is -2.10. The molecule has 0 saturated heterocycles. The smallest absolute Gasteiger partial charge is 0.0640 e. The predicted molar refractivity (Wildman–Crippen MR) is 233 cm³/mol. The van der Waals surface area contributed by atoms with E-state index in [-0.39, 0.29) is 0 Å². The molecule has 0 saturated carbocycles. The molecule has 3 heteroatoms. The Morgan fingerprint density at radius 2 is 0.981 bits per heavy atom. The number of benzene rings is 9. The number of rotatable bonds is 5. The Morgan fingerprint density at radius 1 is 0.340 bits per heavy atom. The molecule has 0 bridgehead atoms. The third-order valence-electron chi connectivity index (χ3n) is 10.6. The average Bonchev–Trinajstić information content (AvgIpc) is 3.80. The Balaban J connectivity index is 1.11. The van der Waals surface area contributed by atoms with Gasteiger partial charge in [0.1, 0.15) is 0 Å². The summed E-state index contributed by atoms with van der Waals surface area (Å²) < 4.78 is 5.26. The molecule has 0 amide bonds. The molecule has 0 fully saturated rings. The first kappa shape index (κ1) is 30.4. The molecule has 1 nitrogen and oxygen atoms in total. The molecular weight excluding hydrogens is 679 g/mol. The van der Waals surface area contributed by atoms with Gasteiger partial charge in [-0.2, -0.15) is 0 Å². The van der Waals surface area contributed by atoms with Crippen molar-refractivity contribution in [1.29, 1.82) is 0 Å². The number of nitrogens with zero attached hydrogens (tertiary/aromatic N) is 1. The number of hydrogen-bond donors (Lipinski definition) is 0. The molecule has 9 aromatic carbocycles. The van der Waals surface area contributed by atoms with Crippen LogP contribution in [-0.4, -0.2) is 0 Å². The lowest BCUT2D eigenvalue weighted by Gasteiger charge is -2.27. The molecule has 53 heavy (non-hydrogen) atoms. The minimum Gasteiger partial charge on any atom is -0.308 e. The normalized spacial score (nSPS) is 11.8. The molecule has 248 valence electrons. The topological polar surface area (TPSA) is 3.24 Å². The maximum absolute atomic E-state index is 2.48. The Labute approximate surface area is 315 Å². The van der Waals surface area contributed by atoms with Crippen LogP contribution in [0.5, 0.6) is 0 Å². The van der Waals surface area contributed by atoms with E-state index < -0.39 is 0 Å². The first-order valence-corrected chi connectivity index (χ1v) is 19.6. The van der Waals surface area contributed by atoms with Gasteiger partial charge in [-0.1, -0.05) is 146 Å². The second kappa shape index (κ2) is 12.2. The molecule has 0 aliphatic heterocycles. The Morgan fingerprint density at radius 3 is 1.91 bits per heavy atom. The number of anilines is 3. The molecular formula is C50H31NS2. The fourth-order valence-corrected chi connectivity index (χ4v) is 10.7. The van der Waals surface area contributed by atoms with Crippen molar-refractivity contribution in [2.24, 2.45) is 0 Å². The lowest BCUT2D eigenvalue weighted by molar-refractivity contribution is 1.32. The Kier molecular flexibility index (Phi) is 6.97. The standard InChI is InChI=1S/C50H31NS2/c1-2-12-33(13-3-1)40-19-9-20-41-42-21-10-23-45(50(42)53-49(40)41)51(44-22-8-15-32-14-4-5-16-38(32)44)37-29-28-34-30-36(27-26-35(34)31-37)39-18-11-25-47-48(39)43-17-6-7-24-46(43)52-47/h1-31H. The highest BCUT2D eigenvalue weighted by Gasteiger charge is 2.21. The minimum atomic E-state index is 1.14. The third-order valence-corrected chi connectivity index (χ3v) is 13.0. The van der Waals surface area contributed by atoms with Crippen molar-refractivity contribution in [3.63, 3.8) is 0 Å². The van der Waals surface area contributed by atoms with Crippen molar-refractivity contribution in [3.8, 4) is 22.3 Å². The van der Waals surface area contributed by atoms with Crippen LogP contribution in [0.25, 0.3) is 84.1 Å². The van der Waals surface area contributed by atoms with Gasteiger partial charge in [0.05, 0.1) is 16.1 Å². The van der Waals surface area contributed by atoms with Crippen molar-refractivity contribution in [3.05, 3.63) is 188 Å². The summed E-state index contributed by atoms with van der Waals surface area (Å²) in [7, 11) is 0. The van der Waals surface area contributed by atoms with Crippen molar-refractivity contribution in [1.82, 2.24) is 0 Å². The molecule has 0 N–H and O–H groups in total.